The van der Waals surface area contributed by atoms with Crippen LogP contribution in [0.25, 0.3) is 0 Å². The summed E-state index contributed by atoms with van der Waals surface area (Å²) < 4.78 is 0. The summed E-state index contributed by atoms with van der Waals surface area (Å²) >= 11 is 3.66. The Morgan fingerprint density at radius 1 is 1.19 bits per heavy atom. The maximum absolute atomic E-state index is 11.6. The molecule has 96 valence electrons. The molecule has 1 amide bonds. The van der Waals surface area contributed by atoms with E-state index in [4.69, 9.17) is 0 Å². The third-order valence-electron chi connectivity index (χ3n) is 3.29. The van der Waals surface area contributed by atoms with Gasteiger partial charge in [-0.25, -0.2) is 0 Å². The zero-order valence-electron chi connectivity index (χ0n) is 11.1. The molecule has 2 nitrogen and oxygen atoms in total. The fourth-order valence-electron chi connectivity index (χ4n) is 1.71. The van der Waals surface area contributed by atoms with E-state index in [9.17, 15) is 4.79 Å². The molecule has 0 aromatic carbocycles. The number of hydrogen-bond donors (Lipinski definition) is 1. The van der Waals surface area contributed by atoms with Crippen molar-refractivity contribution in [1.82, 2.24) is 5.32 Å². The lowest BCUT2D eigenvalue weighted by Gasteiger charge is -2.20. The number of rotatable bonds is 8. The third-order valence-corrected chi connectivity index (χ3v) is 4.36. The van der Waals surface area contributed by atoms with Gasteiger partial charge < -0.3 is 5.32 Å². The molecule has 0 aliphatic rings. The summed E-state index contributed by atoms with van der Waals surface area (Å²) in [6.07, 6.45) is 4.04. The summed E-state index contributed by atoms with van der Waals surface area (Å²) in [6, 6.07) is 0. The molecular formula is C13H26BrNO. The number of carbonyl (C=O) groups excluding carboxylic acids is 1. The topological polar surface area (TPSA) is 29.1 Å². The first kappa shape index (κ1) is 16.0. The van der Waals surface area contributed by atoms with Crippen LogP contribution in [-0.4, -0.2) is 17.3 Å². The van der Waals surface area contributed by atoms with Gasteiger partial charge in [-0.15, -0.1) is 0 Å². The Bertz CT molecular complexity index is 192. The van der Waals surface area contributed by atoms with E-state index in [0.29, 0.717) is 23.1 Å². The van der Waals surface area contributed by atoms with Gasteiger partial charge in [0, 0.05) is 17.8 Å². The van der Waals surface area contributed by atoms with E-state index in [2.05, 4.69) is 48.9 Å². The molecule has 0 aliphatic carbocycles. The van der Waals surface area contributed by atoms with Crippen molar-refractivity contribution in [2.45, 2.75) is 58.2 Å². The van der Waals surface area contributed by atoms with E-state index in [1.165, 1.54) is 0 Å². The molecule has 0 aromatic heterocycles. The normalized spacial score (nSPS) is 14.9. The maximum Gasteiger partial charge on any atom is 0.220 e. The van der Waals surface area contributed by atoms with Gasteiger partial charge in [0.05, 0.1) is 0 Å². The van der Waals surface area contributed by atoms with Crippen LogP contribution < -0.4 is 5.32 Å². The summed E-state index contributed by atoms with van der Waals surface area (Å²) in [5.41, 5.74) is 0. The Morgan fingerprint density at radius 3 is 2.19 bits per heavy atom. The molecule has 0 bridgehead atoms. The van der Waals surface area contributed by atoms with Crippen LogP contribution in [0.3, 0.4) is 0 Å². The second-order valence-corrected chi connectivity index (χ2v) is 5.79. The van der Waals surface area contributed by atoms with Gasteiger partial charge in [0.2, 0.25) is 5.91 Å². The summed E-state index contributed by atoms with van der Waals surface area (Å²) in [5, 5.41) is 3.01. The minimum Gasteiger partial charge on any atom is -0.355 e. The monoisotopic (exact) mass is 291 g/mol. The van der Waals surface area contributed by atoms with E-state index < -0.39 is 0 Å². The maximum atomic E-state index is 11.6. The lowest BCUT2D eigenvalue weighted by molar-refractivity contribution is -0.121. The average molecular weight is 292 g/mol. The molecule has 2 unspecified atom stereocenters. The van der Waals surface area contributed by atoms with Crippen molar-refractivity contribution in [3.63, 3.8) is 0 Å². The summed E-state index contributed by atoms with van der Waals surface area (Å²) in [5.74, 6) is 1.33. The minimum atomic E-state index is 0.185. The number of halogens is 1. The Morgan fingerprint density at radius 2 is 1.75 bits per heavy atom. The first-order valence-corrected chi connectivity index (χ1v) is 7.37. The van der Waals surface area contributed by atoms with Gasteiger partial charge in [-0.1, -0.05) is 62.9 Å². The highest BCUT2D eigenvalue weighted by atomic mass is 79.9. The molecule has 2 atom stereocenters. The summed E-state index contributed by atoms with van der Waals surface area (Å²) in [6.45, 7) is 9.38. The van der Waals surface area contributed by atoms with Crippen molar-refractivity contribution in [1.29, 1.82) is 0 Å². The lowest BCUT2D eigenvalue weighted by Crippen LogP contribution is -2.33. The Kier molecular flexibility index (Phi) is 9.00. The van der Waals surface area contributed by atoms with Crippen molar-refractivity contribution < 1.29 is 4.79 Å². The smallest absolute Gasteiger partial charge is 0.220 e. The molecule has 0 spiro atoms. The van der Waals surface area contributed by atoms with Crippen molar-refractivity contribution in [2.24, 2.45) is 11.8 Å². The largest absolute Gasteiger partial charge is 0.355 e. The molecule has 0 saturated heterocycles. The Hall–Kier alpha value is -0.0500. The summed E-state index contributed by atoms with van der Waals surface area (Å²) in [4.78, 5) is 12.0. The van der Waals surface area contributed by atoms with E-state index in [1.807, 2.05) is 0 Å². The molecule has 0 heterocycles. The Labute approximate surface area is 109 Å². The van der Waals surface area contributed by atoms with E-state index in [-0.39, 0.29) is 5.91 Å². The average Bonchev–Trinajstić information content (AvgIpc) is 2.27. The zero-order chi connectivity index (χ0) is 12.6. The molecule has 0 aromatic rings. The molecule has 1 N–H and O–H groups in total. The standard InChI is InChI=1S/C13H26BrNO/c1-5-10(4)8-13(16)15-9-12(14)11(6-2)7-3/h10-12H,5-9H2,1-4H3,(H,15,16). The second kappa shape index (κ2) is 9.03. The number of amides is 1. The number of hydrogen-bond acceptors (Lipinski definition) is 1. The van der Waals surface area contributed by atoms with Crippen molar-refractivity contribution in [3.8, 4) is 0 Å². The first-order valence-electron chi connectivity index (χ1n) is 6.45. The molecule has 0 aliphatic heterocycles. The molecule has 0 saturated carbocycles. The lowest BCUT2D eigenvalue weighted by atomic mass is 9.99. The quantitative estimate of drug-likeness (QED) is 0.678. The SMILES string of the molecule is CCC(C)CC(=O)NCC(Br)C(CC)CC. The number of nitrogens with one attached hydrogen (secondary N) is 1. The second-order valence-electron chi connectivity index (χ2n) is 4.61. The molecule has 16 heavy (non-hydrogen) atoms. The van der Waals surface area contributed by atoms with Gasteiger partial charge in [0.1, 0.15) is 0 Å². The van der Waals surface area contributed by atoms with Crippen LogP contribution >= 0.6 is 15.9 Å². The fourth-order valence-corrected chi connectivity index (χ4v) is 2.62. The van der Waals surface area contributed by atoms with Crippen molar-refractivity contribution in [3.05, 3.63) is 0 Å². The highest BCUT2D eigenvalue weighted by Gasteiger charge is 2.16. The van der Waals surface area contributed by atoms with E-state index in [0.717, 1.165) is 25.8 Å². The number of carbonyl (C=O) groups is 1. The zero-order valence-corrected chi connectivity index (χ0v) is 12.6. The van der Waals surface area contributed by atoms with Crippen LogP contribution in [0.4, 0.5) is 0 Å². The van der Waals surface area contributed by atoms with Gasteiger partial charge >= 0.3 is 0 Å². The third kappa shape index (κ3) is 6.51. The van der Waals surface area contributed by atoms with Gasteiger partial charge in [0.25, 0.3) is 0 Å². The molecular weight excluding hydrogens is 266 g/mol. The highest BCUT2D eigenvalue weighted by Crippen LogP contribution is 2.19. The molecule has 3 heteroatoms. The van der Waals surface area contributed by atoms with Gasteiger partial charge in [-0.3, -0.25) is 4.79 Å². The highest BCUT2D eigenvalue weighted by molar-refractivity contribution is 9.09. The molecule has 0 radical (unpaired) electrons. The molecule has 0 fully saturated rings. The van der Waals surface area contributed by atoms with Crippen molar-refractivity contribution in [2.75, 3.05) is 6.54 Å². The predicted octanol–water partition coefficient (Wildman–Crippen LogP) is 3.74. The van der Waals surface area contributed by atoms with E-state index in [1.54, 1.807) is 0 Å². The fraction of sp³-hybridized carbons (Fsp3) is 0.923. The van der Waals surface area contributed by atoms with Crippen LogP contribution in [0.1, 0.15) is 53.4 Å². The van der Waals surface area contributed by atoms with Crippen LogP contribution in [0, 0.1) is 11.8 Å². The first-order chi connectivity index (χ1) is 7.54. The van der Waals surface area contributed by atoms with Gasteiger partial charge in [-0.2, -0.15) is 0 Å². The predicted molar refractivity (Wildman–Crippen MR) is 73.9 cm³/mol. The van der Waals surface area contributed by atoms with Crippen molar-refractivity contribution >= 4 is 21.8 Å². The van der Waals surface area contributed by atoms with Gasteiger partial charge in [-0.05, 0) is 11.8 Å². The molecule has 0 rings (SSSR count). The van der Waals surface area contributed by atoms with E-state index >= 15 is 0 Å². The van der Waals surface area contributed by atoms with Crippen LogP contribution in [0.5, 0.6) is 0 Å². The summed E-state index contributed by atoms with van der Waals surface area (Å²) in [7, 11) is 0. The van der Waals surface area contributed by atoms with Crippen LogP contribution in [0.15, 0.2) is 0 Å². The Balaban J connectivity index is 3.82. The minimum absolute atomic E-state index is 0.185. The van der Waals surface area contributed by atoms with Crippen LogP contribution in [0.2, 0.25) is 0 Å². The number of alkyl halides is 1. The van der Waals surface area contributed by atoms with Crippen LogP contribution in [-0.2, 0) is 4.79 Å². The van der Waals surface area contributed by atoms with Gasteiger partial charge in [0.15, 0.2) is 0 Å².